The van der Waals surface area contributed by atoms with Crippen molar-refractivity contribution in [2.45, 2.75) is 25.8 Å². The first-order valence-corrected chi connectivity index (χ1v) is 8.67. The van der Waals surface area contributed by atoms with E-state index in [-0.39, 0.29) is 24.4 Å². The molecule has 1 aliphatic rings. The molecule has 2 atom stereocenters. The third-order valence-electron chi connectivity index (χ3n) is 5.07. The van der Waals surface area contributed by atoms with Gasteiger partial charge in [0.2, 0.25) is 5.91 Å². The molecule has 1 saturated heterocycles. The van der Waals surface area contributed by atoms with Crippen molar-refractivity contribution in [1.82, 2.24) is 25.5 Å². The lowest BCUT2D eigenvalue weighted by Gasteiger charge is -2.39. The molecule has 26 heavy (non-hydrogen) atoms. The summed E-state index contributed by atoms with van der Waals surface area (Å²) in [5, 5.41) is 20.6. The van der Waals surface area contributed by atoms with Crippen molar-refractivity contribution < 1.29 is 4.79 Å². The molecular formula is C18H19N7O. The Morgan fingerprint density at radius 3 is 3.15 bits per heavy atom. The van der Waals surface area contributed by atoms with E-state index < -0.39 is 0 Å². The largest absolute Gasteiger partial charge is 0.366 e. The van der Waals surface area contributed by atoms with Gasteiger partial charge in [-0.05, 0) is 25.8 Å². The Balaban J connectivity index is 1.75. The Labute approximate surface area is 150 Å². The minimum atomic E-state index is -0.145. The Kier molecular flexibility index (Phi) is 4.13. The zero-order valence-electron chi connectivity index (χ0n) is 14.4. The maximum Gasteiger partial charge on any atom is 0.225 e. The van der Waals surface area contributed by atoms with Crippen LogP contribution in [-0.2, 0) is 4.79 Å². The van der Waals surface area contributed by atoms with Crippen molar-refractivity contribution >= 4 is 33.5 Å². The van der Waals surface area contributed by atoms with Crippen LogP contribution in [0.25, 0.3) is 21.9 Å². The topological polar surface area (TPSA) is 111 Å². The molecule has 3 aromatic rings. The first-order valence-electron chi connectivity index (χ1n) is 8.67. The van der Waals surface area contributed by atoms with Gasteiger partial charge in [0.15, 0.2) is 5.65 Å². The number of rotatable bonds is 3. The summed E-state index contributed by atoms with van der Waals surface area (Å²) in [6, 6.07) is 4.19. The number of nitriles is 1. The SMILES string of the molecule is CC1CCC(C(=O)NCC#N)CN1c1cn[nH]c2cnc3nccc3c12. The van der Waals surface area contributed by atoms with Crippen molar-refractivity contribution in [2.75, 3.05) is 18.0 Å². The van der Waals surface area contributed by atoms with Crippen molar-refractivity contribution in [2.24, 2.45) is 5.92 Å². The summed E-state index contributed by atoms with van der Waals surface area (Å²) in [6.07, 6.45) is 7.01. The third-order valence-corrected chi connectivity index (χ3v) is 5.07. The number of piperidine rings is 1. The Bertz CT molecular complexity index is 1010. The molecule has 8 nitrogen and oxygen atoms in total. The second-order valence-electron chi connectivity index (χ2n) is 6.64. The van der Waals surface area contributed by atoms with Crippen LogP contribution in [0.3, 0.4) is 0 Å². The Hall–Kier alpha value is -3.21. The van der Waals surface area contributed by atoms with Crippen molar-refractivity contribution in [3.05, 3.63) is 24.7 Å². The molecule has 1 fully saturated rings. The van der Waals surface area contributed by atoms with E-state index in [1.54, 1.807) is 18.6 Å². The van der Waals surface area contributed by atoms with Crippen LogP contribution in [0.1, 0.15) is 19.8 Å². The Morgan fingerprint density at radius 1 is 1.42 bits per heavy atom. The number of carbonyl (C=O) groups is 1. The molecule has 2 N–H and O–H groups in total. The van der Waals surface area contributed by atoms with E-state index >= 15 is 0 Å². The van der Waals surface area contributed by atoms with Crippen LogP contribution in [0.2, 0.25) is 0 Å². The van der Waals surface area contributed by atoms with E-state index in [1.165, 1.54) is 0 Å². The number of hydrogen-bond donors (Lipinski definition) is 2. The highest BCUT2D eigenvalue weighted by atomic mass is 16.1. The fourth-order valence-corrected chi connectivity index (χ4v) is 3.69. The molecule has 132 valence electrons. The predicted molar refractivity (Wildman–Crippen MR) is 97.3 cm³/mol. The quantitative estimate of drug-likeness (QED) is 0.697. The lowest BCUT2D eigenvalue weighted by atomic mass is 9.92. The lowest BCUT2D eigenvalue weighted by molar-refractivity contribution is -0.125. The predicted octanol–water partition coefficient (Wildman–Crippen LogP) is 1.75. The number of nitrogens with zero attached hydrogens (tertiary/aromatic N) is 5. The average Bonchev–Trinajstić information content (AvgIpc) is 3.15. The molecule has 0 radical (unpaired) electrons. The van der Waals surface area contributed by atoms with Gasteiger partial charge in [-0.2, -0.15) is 10.4 Å². The maximum atomic E-state index is 12.3. The molecule has 0 aliphatic carbocycles. The van der Waals surface area contributed by atoms with Gasteiger partial charge in [0.05, 0.1) is 35.6 Å². The maximum absolute atomic E-state index is 12.3. The third kappa shape index (κ3) is 2.71. The van der Waals surface area contributed by atoms with E-state index in [0.29, 0.717) is 12.2 Å². The fourth-order valence-electron chi connectivity index (χ4n) is 3.69. The van der Waals surface area contributed by atoms with Crippen LogP contribution in [0.4, 0.5) is 5.69 Å². The summed E-state index contributed by atoms with van der Waals surface area (Å²) in [6.45, 7) is 2.80. The summed E-state index contributed by atoms with van der Waals surface area (Å²) in [5.41, 5.74) is 2.52. The van der Waals surface area contributed by atoms with Gasteiger partial charge in [-0.1, -0.05) is 0 Å². The zero-order valence-corrected chi connectivity index (χ0v) is 14.4. The van der Waals surface area contributed by atoms with Gasteiger partial charge in [0.25, 0.3) is 0 Å². The first-order chi connectivity index (χ1) is 12.7. The van der Waals surface area contributed by atoms with Crippen LogP contribution < -0.4 is 10.2 Å². The molecular weight excluding hydrogens is 330 g/mol. The minimum Gasteiger partial charge on any atom is -0.366 e. The van der Waals surface area contributed by atoms with Crippen molar-refractivity contribution in [3.63, 3.8) is 0 Å². The highest BCUT2D eigenvalue weighted by Crippen LogP contribution is 2.35. The summed E-state index contributed by atoms with van der Waals surface area (Å²) in [4.78, 5) is 23.2. The van der Waals surface area contributed by atoms with Gasteiger partial charge in [0, 0.05) is 29.6 Å². The number of aromatic amines is 1. The number of fused-ring (bicyclic) bond motifs is 3. The molecule has 1 amide bonds. The monoisotopic (exact) mass is 349 g/mol. The van der Waals surface area contributed by atoms with Crippen LogP contribution in [0.15, 0.2) is 24.7 Å². The second kappa shape index (κ2) is 6.59. The molecule has 0 bridgehead atoms. The van der Waals surface area contributed by atoms with E-state index in [4.69, 9.17) is 5.26 Å². The van der Waals surface area contributed by atoms with Gasteiger partial charge in [-0.25, -0.2) is 9.97 Å². The number of hydrogen-bond acceptors (Lipinski definition) is 6. The molecule has 0 spiro atoms. The highest BCUT2D eigenvalue weighted by Gasteiger charge is 2.31. The normalized spacial score (nSPS) is 20.2. The molecule has 3 aromatic heterocycles. The number of nitrogens with one attached hydrogen (secondary N) is 2. The number of pyridine rings is 1. The zero-order chi connectivity index (χ0) is 18.1. The molecule has 2 unspecified atom stereocenters. The van der Waals surface area contributed by atoms with Crippen molar-refractivity contribution in [1.29, 1.82) is 5.26 Å². The van der Waals surface area contributed by atoms with Crippen LogP contribution in [-0.4, -0.2) is 45.2 Å². The molecule has 4 heterocycles. The van der Waals surface area contributed by atoms with Gasteiger partial charge in [-0.15, -0.1) is 0 Å². The molecule has 4 rings (SSSR count). The van der Waals surface area contributed by atoms with E-state index in [1.807, 2.05) is 12.1 Å². The fraction of sp³-hybridized carbons (Fsp3) is 0.389. The molecule has 0 saturated carbocycles. The second-order valence-corrected chi connectivity index (χ2v) is 6.64. The van der Waals surface area contributed by atoms with Gasteiger partial charge in [0.1, 0.15) is 6.54 Å². The molecule has 8 heteroatoms. The smallest absolute Gasteiger partial charge is 0.225 e. The van der Waals surface area contributed by atoms with Gasteiger partial charge >= 0.3 is 0 Å². The minimum absolute atomic E-state index is 0.0428. The summed E-state index contributed by atoms with van der Waals surface area (Å²) < 4.78 is 0. The lowest BCUT2D eigenvalue weighted by Crippen LogP contribution is -2.47. The molecule has 1 aliphatic heterocycles. The summed E-state index contributed by atoms with van der Waals surface area (Å²) >= 11 is 0. The van der Waals surface area contributed by atoms with E-state index in [2.05, 4.69) is 37.3 Å². The van der Waals surface area contributed by atoms with Crippen molar-refractivity contribution in [3.8, 4) is 6.07 Å². The van der Waals surface area contributed by atoms with Gasteiger partial charge < -0.3 is 10.2 Å². The number of anilines is 1. The van der Waals surface area contributed by atoms with E-state index in [0.717, 1.165) is 34.8 Å². The molecule has 0 aromatic carbocycles. The first kappa shape index (κ1) is 16.3. The number of H-pyrrole nitrogens is 1. The van der Waals surface area contributed by atoms with Crippen LogP contribution in [0, 0.1) is 17.2 Å². The van der Waals surface area contributed by atoms with E-state index in [9.17, 15) is 4.79 Å². The number of aromatic nitrogens is 4. The number of carbonyl (C=O) groups excluding carboxylic acids is 1. The highest BCUT2D eigenvalue weighted by molar-refractivity contribution is 6.09. The Morgan fingerprint density at radius 2 is 2.31 bits per heavy atom. The number of amides is 1. The average molecular weight is 349 g/mol. The van der Waals surface area contributed by atoms with Gasteiger partial charge in [-0.3, -0.25) is 9.89 Å². The summed E-state index contributed by atoms with van der Waals surface area (Å²) in [7, 11) is 0. The van der Waals surface area contributed by atoms with Crippen LogP contribution in [0.5, 0.6) is 0 Å². The standard InChI is InChI=1S/C18H19N7O/c1-11-2-3-12(18(26)21-7-5-19)10-25(11)15-9-23-24-14-8-22-17-13(16(14)15)4-6-20-17/h4,6,8-9,11-12,24H,2-3,7,10H2,1H3,(H,21,26). The summed E-state index contributed by atoms with van der Waals surface area (Å²) in [5.74, 6) is -0.209. The van der Waals surface area contributed by atoms with Crippen LogP contribution >= 0.6 is 0 Å².